The normalized spacial score (nSPS) is 14.4. The zero-order valence-electron chi connectivity index (χ0n) is 10.8. The summed E-state index contributed by atoms with van der Waals surface area (Å²) in [5, 5.41) is 3.55. The Morgan fingerprint density at radius 1 is 1.07 bits per heavy atom. The smallest absolute Gasteiger partial charge is 0.00182 e. The monoisotopic (exact) mass is 199 g/mol. The minimum absolute atomic E-state index is 0.441. The molecule has 0 aromatic rings. The van der Waals surface area contributed by atoms with Gasteiger partial charge < -0.3 is 5.32 Å². The van der Waals surface area contributed by atoms with Crippen molar-refractivity contribution in [3.8, 4) is 0 Å². The lowest BCUT2D eigenvalue weighted by atomic mass is 9.82. The molecule has 0 aromatic heterocycles. The first-order valence-corrected chi connectivity index (χ1v) is 6.19. The van der Waals surface area contributed by atoms with Gasteiger partial charge >= 0.3 is 0 Å². The topological polar surface area (TPSA) is 12.0 Å². The average Bonchev–Trinajstić information content (AvgIpc) is 2.09. The summed E-state index contributed by atoms with van der Waals surface area (Å²) in [7, 11) is 0. The summed E-state index contributed by atoms with van der Waals surface area (Å²) >= 11 is 0. The highest BCUT2D eigenvalue weighted by Crippen LogP contribution is 2.24. The maximum atomic E-state index is 3.55. The Labute approximate surface area is 90.7 Å². The van der Waals surface area contributed by atoms with E-state index in [9.17, 15) is 0 Å². The molecule has 1 atom stereocenters. The fourth-order valence-corrected chi connectivity index (χ4v) is 1.30. The molecular weight excluding hydrogens is 170 g/mol. The molecule has 0 aliphatic heterocycles. The van der Waals surface area contributed by atoms with E-state index in [2.05, 4.69) is 39.9 Å². The Kier molecular flexibility index (Phi) is 7.26. The number of unbranched alkanes of at least 4 members (excludes halogenated alkanes) is 3. The minimum Gasteiger partial charge on any atom is -0.316 e. The third kappa shape index (κ3) is 7.37. The molecule has 0 fully saturated rings. The van der Waals surface area contributed by atoms with Gasteiger partial charge in [-0.2, -0.15) is 0 Å². The van der Waals surface area contributed by atoms with Gasteiger partial charge in [-0.3, -0.25) is 0 Å². The molecule has 0 aliphatic rings. The molecule has 1 N–H and O–H groups in total. The van der Waals surface area contributed by atoms with Gasteiger partial charge in [-0.1, -0.05) is 53.9 Å². The van der Waals surface area contributed by atoms with Crippen molar-refractivity contribution in [2.24, 2.45) is 11.3 Å². The molecule has 0 bridgehead atoms. The van der Waals surface area contributed by atoms with Crippen LogP contribution in [0.4, 0.5) is 0 Å². The summed E-state index contributed by atoms with van der Waals surface area (Å²) in [5.74, 6) is 0.758. The van der Waals surface area contributed by atoms with Crippen LogP contribution in [0, 0.1) is 11.3 Å². The number of rotatable bonds is 7. The number of hydrogen-bond donors (Lipinski definition) is 1. The lowest BCUT2D eigenvalue weighted by Gasteiger charge is -2.27. The quantitative estimate of drug-likeness (QED) is 0.614. The van der Waals surface area contributed by atoms with Crippen molar-refractivity contribution in [3.63, 3.8) is 0 Å². The van der Waals surface area contributed by atoms with Crippen LogP contribution in [-0.4, -0.2) is 13.1 Å². The van der Waals surface area contributed by atoms with Gasteiger partial charge in [0, 0.05) is 0 Å². The number of nitrogens with one attached hydrogen (secondary N) is 1. The number of hydrogen-bond acceptors (Lipinski definition) is 1. The lowest BCUT2D eigenvalue weighted by molar-refractivity contribution is 0.253. The zero-order valence-corrected chi connectivity index (χ0v) is 10.8. The Bertz CT molecular complexity index is 124. The van der Waals surface area contributed by atoms with E-state index in [1.54, 1.807) is 0 Å². The van der Waals surface area contributed by atoms with Gasteiger partial charge in [0.2, 0.25) is 0 Å². The molecular formula is C13H29N. The SMILES string of the molecule is CCCCCCNCC(C)C(C)(C)C. The molecule has 14 heavy (non-hydrogen) atoms. The molecule has 0 heterocycles. The largest absolute Gasteiger partial charge is 0.316 e. The molecule has 0 radical (unpaired) electrons. The van der Waals surface area contributed by atoms with E-state index >= 15 is 0 Å². The van der Waals surface area contributed by atoms with Crippen molar-refractivity contribution in [1.82, 2.24) is 5.32 Å². The van der Waals surface area contributed by atoms with Crippen LogP contribution in [-0.2, 0) is 0 Å². The molecule has 1 heteroatoms. The van der Waals surface area contributed by atoms with Gasteiger partial charge in [-0.15, -0.1) is 0 Å². The van der Waals surface area contributed by atoms with E-state index in [0.29, 0.717) is 5.41 Å². The van der Waals surface area contributed by atoms with Gasteiger partial charge in [0.25, 0.3) is 0 Å². The zero-order chi connectivity index (χ0) is 11.0. The van der Waals surface area contributed by atoms with Crippen LogP contribution in [0.1, 0.15) is 60.3 Å². The highest BCUT2D eigenvalue weighted by molar-refractivity contribution is 4.71. The predicted octanol–water partition coefficient (Wildman–Crippen LogP) is 3.84. The van der Waals surface area contributed by atoms with Crippen LogP contribution in [0.25, 0.3) is 0 Å². The first kappa shape index (κ1) is 14.0. The van der Waals surface area contributed by atoms with Crippen molar-refractivity contribution < 1.29 is 0 Å². The minimum atomic E-state index is 0.441. The summed E-state index contributed by atoms with van der Waals surface area (Å²) in [6, 6.07) is 0. The molecule has 1 nitrogen and oxygen atoms in total. The predicted molar refractivity (Wildman–Crippen MR) is 65.6 cm³/mol. The Balaban J connectivity index is 3.28. The molecule has 0 rings (SSSR count). The Morgan fingerprint density at radius 2 is 1.71 bits per heavy atom. The van der Waals surface area contributed by atoms with Crippen molar-refractivity contribution in [2.75, 3.05) is 13.1 Å². The maximum absolute atomic E-state index is 3.55. The molecule has 0 amide bonds. The fourth-order valence-electron chi connectivity index (χ4n) is 1.30. The van der Waals surface area contributed by atoms with E-state index in [-0.39, 0.29) is 0 Å². The molecule has 86 valence electrons. The van der Waals surface area contributed by atoms with Gasteiger partial charge in [-0.25, -0.2) is 0 Å². The fraction of sp³-hybridized carbons (Fsp3) is 1.00. The van der Waals surface area contributed by atoms with Crippen LogP contribution in [0.5, 0.6) is 0 Å². The second-order valence-electron chi connectivity index (χ2n) is 5.53. The first-order valence-electron chi connectivity index (χ1n) is 6.19. The maximum Gasteiger partial charge on any atom is -0.00182 e. The van der Waals surface area contributed by atoms with Gasteiger partial charge in [0.15, 0.2) is 0 Å². The summed E-state index contributed by atoms with van der Waals surface area (Å²) in [6.07, 6.45) is 5.44. The highest BCUT2D eigenvalue weighted by atomic mass is 14.9. The van der Waals surface area contributed by atoms with Crippen LogP contribution < -0.4 is 5.32 Å². The second-order valence-corrected chi connectivity index (χ2v) is 5.53. The van der Waals surface area contributed by atoms with E-state index in [4.69, 9.17) is 0 Å². The Morgan fingerprint density at radius 3 is 2.21 bits per heavy atom. The third-order valence-electron chi connectivity index (χ3n) is 3.14. The summed E-state index contributed by atoms with van der Waals surface area (Å²) < 4.78 is 0. The van der Waals surface area contributed by atoms with Crippen molar-refractivity contribution >= 4 is 0 Å². The van der Waals surface area contributed by atoms with Crippen LogP contribution in [0.15, 0.2) is 0 Å². The van der Waals surface area contributed by atoms with Crippen molar-refractivity contribution in [3.05, 3.63) is 0 Å². The van der Waals surface area contributed by atoms with Crippen molar-refractivity contribution in [2.45, 2.75) is 60.3 Å². The van der Waals surface area contributed by atoms with Gasteiger partial charge in [-0.05, 0) is 30.8 Å². The molecule has 0 aliphatic carbocycles. The summed E-state index contributed by atoms with van der Waals surface area (Å²) in [5.41, 5.74) is 0.441. The van der Waals surface area contributed by atoms with Gasteiger partial charge in [0.05, 0.1) is 0 Å². The van der Waals surface area contributed by atoms with Crippen LogP contribution >= 0.6 is 0 Å². The highest BCUT2D eigenvalue weighted by Gasteiger charge is 2.18. The van der Waals surface area contributed by atoms with E-state index < -0.39 is 0 Å². The Hall–Kier alpha value is -0.0400. The third-order valence-corrected chi connectivity index (χ3v) is 3.14. The van der Waals surface area contributed by atoms with Crippen LogP contribution in [0.2, 0.25) is 0 Å². The van der Waals surface area contributed by atoms with Crippen LogP contribution in [0.3, 0.4) is 0 Å². The first-order chi connectivity index (χ1) is 6.48. The van der Waals surface area contributed by atoms with E-state index in [0.717, 1.165) is 12.5 Å². The van der Waals surface area contributed by atoms with Crippen molar-refractivity contribution in [1.29, 1.82) is 0 Å². The molecule has 0 saturated heterocycles. The average molecular weight is 199 g/mol. The second kappa shape index (κ2) is 7.28. The summed E-state index contributed by atoms with van der Waals surface area (Å²) in [6.45, 7) is 13.9. The molecule has 1 unspecified atom stereocenters. The van der Waals surface area contributed by atoms with E-state index in [1.807, 2.05) is 0 Å². The van der Waals surface area contributed by atoms with E-state index in [1.165, 1.54) is 32.2 Å². The molecule has 0 aromatic carbocycles. The molecule has 0 spiro atoms. The summed E-state index contributed by atoms with van der Waals surface area (Å²) in [4.78, 5) is 0. The standard InChI is InChI=1S/C13H29N/c1-6-7-8-9-10-14-11-12(2)13(3,4)5/h12,14H,6-11H2,1-5H3. The van der Waals surface area contributed by atoms with Gasteiger partial charge in [0.1, 0.15) is 0 Å². The molecule has 0 saturated carbocycles. The lowest BCUT2D eigenvalue weighted by Crippen LogP contribution is -2.30.